The summed E-state index contributed by atoms with van der Waals surface area (Å²) in [5.74, 6) is 0.401. The van der Waals surface area contributed by atoms with Crippen molar-refractivity contribution < 1.29 is 19.4 Å². The molecule has 0 bridgehead atoms. The van der Waals surface area contributed by atoms with Crippen LogP contribution >= 0.6 is 0 Å². The molecule has 0 spiro atoms. The number of aliphatic hydroxyl groups is 1. The first-order chi connectivity index (χ1) is 17.6. The van der Waals surface area contributed by atoms with E-state index in [9.17, 15) is 9.90 Å². The van der Waals surface area contributed by atoms with Gasteiger partial charge in [0.25, 0.3) is 5.91 Å². The van der Waals surface area contributed by atoms with Gasteiger partial charge < -0.3 is 29.8 Å². The number of hydrogen-bond donors (Lipinski definition) is 3. The maximum Gasteiger partial charge on any atom is 0.257 e. The number of carbonyl (C=O) groups excluding carboxylic acids is 1. The van der Waals surface area contributed by atoms with Crippen molar-refractivity contribution >= 4 is 28.4 Å². The summed E-state index contributed by atoms with van der Waals surface area (Å²) in [6, 6.07) is 5.70. The van der Waals surface area contributed by atoms with E-state index in [4.69, 9.17) is 14.5 Å². The fourth-order valence-corrected chi connectivity index (χ4v) is 5.12. The van der Waals surface area contributed by atoms with Gasteiger partial charge in [0.2, 0.25) is 0 Å². The Labute approximate surface area is 207 Å². The molecular formula is C25H29N7O4. The van der Waals surface area contributed by atoms with Crippen LogP contribution in [0.15, 0.2) is 36.8 Å². The molecule has 4 aromatic heterocycles. The van der Waals surface area contributed by atoms with E-state index in [1.54, 1.807) is 24.9 Å². The molecule has 188 valence electrons. The van der Waals surface area contributed by atoms with Crippen LogP contribution in [0.3, 0.4) is 0 Å². The monoisotopic (exact) mass is 491 g/mol. The molecule has 1 saturated heterocycles. The summed E-state index contributed by atoms with van der Waals surface area (Å²) in [4.78, 5) is 22.6. The third kappa shape index (κ3) is 3.71. The van der Waals surface area contributed by atoms with Gasteiger partial charge in [-0.2, -0.15) is 9.61 Å². The maximum atomic E-state index is 13.0. The first-order valence-electron chi connectivity index (χ1n) is 12.2. The lowest BCUT2D eigenvalue weighted by Crippen LogP contribution is -2.50. The molecule has 4 atom stereocenters. The zero-order chi connectivity index (χ0) is 24.8. The first kappa shape index (κ1) is 22.9. The molecule has 0 aromatic carbocycles. The number of hydrogen-bond acceptors (Lipinski definition) is 8. The topological polar surface area (TPSA) is 128 Å². The molecule has 1 saturated carbocycles. The van der Waals surface area contributed by atoms with E-state index in [0.717, 1.165) is 29.4 Å². The van der Waals surface area contributed by atoms with E-state index in [1.807, 2.05) is 18.2 Å². The van der Waals surface area contributed by atoms with E-state index in [-0.39, 0.29) is 24.1 Å². The minimum absolute atomic E-state index is 0.0765. The third-order valence-corrected chi connectivity index (χ3v) is 7.32. The molecule has 4 aromatic rings. The summed E-state index contributed by atoms with van der Waals surface area (Å²) in [5, 5.41) is 21.3. The number of nitrogens with one attached hydrogen (secondary N) is 2. The van der Waals surface area contributed by atoms with Crippen LogP contribution in [0.1, 0.15) is 35.7 Å². The van der Waals surface area contributed by atoms with Gasteiger partial charge in [-0.25, -0.2) is 9.97 Å². The quantitative estimate of drug-likeness (QED) is 0.374. The van der Waals surface area contributed by atoms with Crippen LogP contribution in [0.4, 0.5) is 5.82 Å². The van der Waals surface area contributed by atoms with Crippen molar-refractivity contribution in [3.63, 3.8) is 0 Å². The second kappa shape index (κ2) is 9.16. The van der Waals surface area contributed by atoms with Crippen molar-refractivity contribution in [1.82, 2.24) is 29.5 Å². The van der Waals surface area contributed by atoms with Crippen molar-refractivity contribution in [2.45, 2.75) is 43.6 Å². The van der Waals surface area contributed by atoms with E-state index in [2.05, 4.69) is 31.5 Å². The van der Waals surface area contributed by atoms with Crippen LogP contribution < -0.4 is 10.6 Å². The minimum Gasteiger partial charge on any atom is -0.391 e. The van der Waals surface area contributed by atoms with Gasteiger partial charge in [0.05, 0.1) is 36.7 Å². The summed E-state index contributed by atoms with van der Waals surface area (Å²) in [6.07, 6.45) is 7.04. The van der Waals surface area contributed by atoms with Crippen LogP contribution in [-0.4, -0.2) is 80.8 Å². The highest BCUT2D eigenvalue weighted by atomic mass is 16.5. The molecular weight excluding hydrogens is 462 g/mol. The normalized spacial score (nSPS) is 24.1. The zero-order valence-corrected chi connectivity index (χ0v) is 20.2. The number of aliphatic hydroxyl groups excluding tert-OH is 1. The highest BCUT2D eigenvalue weighted by Crippen LogP contribution is 2.35. The summed E-state index contributed by atoms with van der Waals surface area (Å²) >= 11 is 0. The number of rotatable bonds is 6. The molecule has 1 aliphatic heterocycles. The number of nitrogens with zero attached hydrogens (tertiary/aromatic N) is 5. The number of carbonyl (C=O) groups is 1. The van der Waals surface area contributed by atoms with Gasteiger partial charge in [-0.1, -0.05) is 0 Å². The number of pyridine rings is 1. The fraction of sp³-hybridized carbons (Fsp3) is 0.440. The van der Waals surface area contributed by atoms with Crippen LogP contribution in [0.2, 0.25) is 0 Å². The Bertz CT molecular complexity index is 1430. The number of amides is 1. The van der Waals surface area contributed by atoms with Gasteiger partial charge in [0.1, 0.15) is 23.1 Å². The number of ether oxygens (including phenoxy) is 2. The van der Waals surface area contributed by atoms with Crippen molar-refractivity contribution in [1.29, 1.82) is 0 Å². The second-order valence-electron chi connectivity index (χ2n) is 9.32. The molecule has 5 heterocycles. The SMILES string of the molecule is CNc1cc(-c2cn([C@@H]3CCOC[C@H]3OC)c3ncccc23)nc2c(C(=O)N[C@@H]3CC[C@@H]3O)cnn12. The number of anilines is 1. The Hall–Kier alpha value is -3.54. The van der Waals surface area contributed by atoms with Gasteiger partial charge in [-0.3, -0.25) is 4.79 Å². The van der Waals surface area contributed by atoms with Crippen LogP contribution in [-0.2, 0) is 9.47 Å². The molecule has 36 heavy (non-hydrogen) atoms. The molecule has 1 aliphatic carbocycles. The summed E-state index contributed by atoms with van der Waals surface area (Å²) in [7, 11) is 3.51. The van der Waals surface area contributed by atoms with Crippen LogP contribution in [0, 0.1) is 0 Å². The average molecular weight is 492 g/mol. The molecule has 3 N–H and O–H groups in total. The lowest BCUT2D eigenvalue weighted by atomic mass is 9.89. The first-order valence-corrected chi connectivity index (χ1v) is 12.2. The summed E-state index contributed by atoms with van der Waals surface area (Å²) in [5.41, 5.74) is 3.25. The Morgan fingerprint density at radius 3 is 2.92 bits per heavy atom. The molecule has 1 amide bonds. The highest BCUT2D eigenvalue weighted by Gasteiger charge is 2.32. The molecule has 2 fully saturated rings. The minimum atomic E-state index is -0.507. The fourth-order valence-electron chi connectivity index (χ4n) is 5.12. The van der Waals surface area contributed by atoms with E-state index >= 15 is 0 Å². The maximum absolute atomic E-state index is 13.0. The van der Waals surface area contributed by atoms with Gasteiger partial charge in [0, 0.05) is 50.2 Å². The van der Waals surface area contributed by atoms with Crippen molar-refractivity contribution in [3.8, 4) is 11.3 Å². The van der Waals surface area contributed by atoms with Gasteiger partial charge in [-0.05, 0) is 31.4 Å². The van der Waals surface area contributed by atoms with Gasteiger partial charge >= 0.3 is 0 Å². The molecule has 11 nitrogen and oxygen atoms in total. The average Bonchev–Trinajstić information content (AvgIpc) is 3.52. The number of fused-ring (bicyclic) bond motifs is 2. The molecule has 2 aliphatic rings. The number of methoxy groups -OCH3 is 1. The van der Waals surface area contributed by atoms with E-state index in [1.165, 1.54) is 6.20 Å². The van der Waals surface area contributed by atoms with E-state index in [0.29, 0.717) is 42.4 Å². The predicted molar refractivity (Wildman–Crippen MR) is 133 cm³/mol. The Kier molecular flexibility index (Phi) is 5.82. The Morgan fingerprint density at radius 1 is 1.28 bits per heavy atom. The Balaban J connectivity index is 1.47. The zero-order valence-electron chi connectivity index (χ0n) is 20.2. The van der Waals surface area contributed by atoms with Crippen molar-refractivity contribution in [3.05, 3.63) is 42.4 Å². The third-order valence-electron chi connectivity index (χ3n) is 7.32. The summed E-state index contributed by atoms with van der Waals surface area (Å²) < 4.78 is 15.1. The van der Waals surface area contributed by atoms with Crippen LogP contribution in [0.5, 0.6) is 0 Å². The molecule has 0 unspecified atom stereocenters. The standard InChI is InChI=1S/C25H29N7O4/c1-26-22-10-18(29-24-15(11-28-32(22)24)25(34)30-17-5-6-20(17)33)16-12-31(23-14(16)4-3-8-27-23)19-7-9-36-13-21(19)35-2/h3-4,8,10-12,17,19-21,26,33H,5-7,9,13H2,1-2H3,(H,30,34)/t17-,19-,20+,21-/m1/s1. The lowest BCUT2D eigenvalue weighted by molar-refractivity contribution is -0.0592. The van der Waals surface area contributed by atoms with Gasteiger partial charge in [0.15, 0.2) is 5.65 Å². The second-order valence-corrected chi connectivity index (χ2v) is 9.32. The molecule has 6 rings (SSSR count). The van der Waals surface area contributed by atoms with Crippen molar-refractivity contribution in [2.75, 3.05) is 32.7 Å². The molecule has 0 radical (unpaired) electrons. The summed E-state index contributed by atoms with van der Waals surface area (Å²) in [6.45, 7) is 1.19. The van der Waals surface area contributed by atoms with Crippen molar-refractivity contribution in [2.24, 2.45) is 0 Å². The predicted octanol–water partition coefficient (Wildman–Crippen LogP) is 2.02. The van der Waals surface area contributed by atoms with Crippen LogP contribution in [0.25, 0.3) is 27.9 Å². The largest absolute Gasteiger partial charge is 0.391 e. The lowest BCUT2D eigenvalue weighted by Gasteiger charge is -2.32. The van der Waals surface area contributed by atoms with Gasteiger partial charge in [-0.15, -0.1) is 0 Å². The number of aromatic nitrogens is 5. The molecule has 11 heteroatoms. The van der Waals surface area contributed by atoms with E-state index < -0.39 is 6.10 Å². The highest BCUT2D eigenvalue weighted by molar-refractivity contribution is 6.01. The Morgan fingerprint density at radius 2 is 2.17 bits per heavy atom. The smallest absolute Gasteiger partial charge is 0.257 e.